The Balaban J connectivity index is 1.52. The van der Waals surface area contributed by atoms with E-state index >= 15 is 0 Å². The highest BCUT2D eigenvalue weighted by Crippen LogP contribution is 2.26. The smallest absolute Gasteiger partial charge is 0.220 e. The van der Waals surface area contributed by atoms with Crippen LogP contribution in [0, 0.1) is 6.92 Å². The molecule has 34 heavy (non-hydrogen) atoms. The molecule has 0 aliphatic carbocycles. The molecule has 174 valence electrons. The van der Waals surface area contributed by atoms with Crippen LogP contribution in [0.4, 0.5) is 0 Å². The normalized spacial score (nSPS) is 10.8. The van der Waals surface area contributed by atoms with Gasteiger partial charge in [0.15, 0.2) is 0 Å². The van der Waals surface area contributed by atoms with Crippen molar-refractivity contribution in [3.8, 4) is 22.7 Å². The van der Waals surface area contributed by atoms with E-state index in [4.69, 9.17) is 15.6 Å². The molecule has 0 bridgehead atoms. The minimum atomic E-state index is 0.00665. The molecule has 3 aromatic carbocycles. The number of nitrogens with one attached hydrogen (secondary N) is 1. The molecule has 3 N–H and O–H groups in total. The van der Waals surface area contributed by atoms with Gasteiger partial charge in [0.2, 0.25) is 5.91 Å². The summed E-state index contributed by atoms with van der Waals surface area (Å²) >= 11 is 0. The van der Waals surface area contributed by atoms with Crippen LogP contribution in [-0.4, -0.2) is 22.8 Å². The van der Waals surface area contributed by atoms with Gasteiger partial charge in [0.05, 0.1) is 24.2 Å². The van der Waals surface area contributed by atoms with Gasteiger partial charge in [0.1, 0.15) is 5.75 Å². The highest BCUT2D eigenvalue weighted by molar-refractivity contribution is 5.76. The van der Waals surface area contributed by atoms with Crippen molar-refractivity contribution in [1.82, 2.24) is 15.1 Å². The molecule has 1 amide bonds. The van der Waals surface area contributed by atoms with Gasteiger partial charge in [-0.1, -0.05) is 48.0 Å². The minimum absolute atomic E-state index is 0.00665. The Morgan fingerprint density at radius 3 is 2.50 bits per heavy atom. The Bertz CT molecular complexity index is 1260. The van der Waals surface area contributed by atoms with Crippen molar-refractivity contribution in [3.05, 3.63) is 101 Å². The first-order valence-electron chi connectivity index (χ1n) is 11.4. The van der Waals surface area contributed by atoms with Crippen LogP contribution < -0.4 is 15.8 Å². The lowest BCUT2D eigenvalue weighted by molar-refractivity contribution is -0.121. The number of carbonyl (C=O) groups is 1. The summed E-state index contributed by atoms with van der Waals surface area (Å²) in [6.07, 6.45) is 0.917. The zero-order valence-electron chi connectivity index (χ0n) is 19.6. The molecule has 0 unspecified atom stereocenters. The van der Waals surface area contributed by atoms with Gasteiger partial charge < -0.3 is 15.8 Å². The molecule has 0 spiro atoms. The third-order valence-corrected chi connectivity index (χ3v) is 5.72. The summed E-state index contributed by atoms with van der Waals surface area (Å²) in [6.45, 7) is 3.04. The van der Waals surface area contributed by atoms with Crippen LogP contribution in [-0.2, 0) is 24.3 Å². The number of ether oxygens (including phenoxy) is 1. The molecule has 1 aromatic heterocycles. The van der Waals surface area contributed by atoms with Crippen molar-refractivity contribution >= 4 is 5.91 Å². The quantitative estimate of drug-likeness (QED) is 0.388. The average molecular weight is 455 g/mol. The van der Waals surface area contributed by atoms with Gasteiger partial charge in [-0.2, -0.15) is 5.10 Å². The van der Waals surface area contributed by atoms with Gasteiger partial charge in [-0.25, -0.2) is 4.68 Å². The van der Waals surface area contributed by atoms with E-state index in [0.29, 0.717) is 25.9 Å². The van der Waals surface area contributed by atoms with E-state index < -0.39 is 0 Å². The van der Waals surface area contributed by atoms with E-state index in [-0.39, 0.29) is 5.91 Å². The SMILES string of the molecule is COc1ccc(-n2nc(CCC(=O)NCc3cccc(C)c3)cc2-c2cccc(CN)c2)cc1. The van der Waals surface area contributed by atoms with E-state index in [1.807, 2.05) is 72.3 Å². The van der Waals surface area contributed by atoms with E-state index in [9.17, 15) is 4.79 Å². The molecule has 0 saturated heterocycles. The van der Waals surface area contributed by atoms with Crippen molar-refractivity contribution in [2.45, 2.75) is 32.9 Å². The molecule has 4 aromatic rings. The third kappa shape index (κ3) is 5.71. The molecule has 0 aliphatic heterocycles. The molecular weight excluding hydrogens is 424 g/mol. The van der Waals surface area contributed by atoms with Crippen LogP contribution in [0.25, 0.3) is 16.9 Å². The highest BCUT2D eigenvalue weighted by atomic mass is 16.5. The maximum Gasteiger partial charge on any atom is 0.220 e. The van der Waals surface area contributed by atoms with Crippen LogP contribution >= 0.6 is 0 Å². The van der Waals surface area contributed by atoms with Crippen LogP contribution in [0.3, 0.4) is 0 Å². The summed E-state index contributed by atoms with van der Waals surface area (Å²) in [5, 5.41) is 7.84. The second-order valence-electron chi connectivity index (χ2n) is 8.30. The van der Waals surface area contributed by atoms with Gasteiger partial charge in [-0.05, 0) is 54.4 Å². The number of methoxy groups -OCH3 is 1. The Hall–Kier alpha value is -3.90. The summed E-state index contributed by atoms with van der Waals surface area (Å²) < 4.78 is 7.21. The number of carbonyl (C=O) groups excluding carboxylic acids is 1. The summed E-state index contributed by atoms with van der Waals surface area (Å²) in [5.74, 6) is 0.792. The monoisotopic (exact) mass is 454 g/mol. The number of benzene rings is 3. The Morgan fingerprint density at radius 2 is 1.76 bits per heavy atom. The molecule has 1 heterocycles. The van der Waals surface area contributed by atoms with Crippen molar-refractivity contribution in [1.29, 1.82) is 0 Å². The van der Waals surface area contributed by atoms with Crippen molar-refractivity contribution in [2.75, 3.05) is 7.11 Å². The largest absolute Gasteiger partial charge is 0.497 e. The first-order chi connectivity index (χ1) is 16.6. The molecule has 0 aliphatic rings. The van der Waals surface area contributed by atoms with Gasteiger partial charge >= 0.3 is 0 Å². The lowest BCUT2D eigenvalue weighted by atomic mass is 10.1. The average Bonchev–Trinajstić information content (AvgIpc) is 3.31. The fourth-order valence-corrected chi connectivity index (χ4v) is 3.89. The first kappa shape index (κ1) is 23.3. The number of aryl methyl sites for hydroxylation is 2. The first-order valence-corrected chi connectivity index (χ1v) is 11.4. The summed E-state index contributed by atoms with van der Waals surface area (Å²) in [7, 11) is 1.65. The maximum atomic E-state index is 12.5. The number of amides is 1. The van der Waals surface area contributed by atoms with Crippen LogP contribution in [0.15, 0.2) is 78.9 Å². The van der Waals surface area contributed by atoms with Gasteiger partial charge in [0, 0.05) is 31.5 Å². The zero-order chi connectivity index (χ0) is 23.9. The van der Waals surface area contributed by atoms with E-state index in [0.717, 1.165) is 39.5 Å². The third-order valence-electron chi connectivity index (χ3n) is 5.72. The predicted octanol–water partition coefficient (Wildman–Crippen LogP) is 4.56. The fourth-order valence-electron chi connectivity index (χ4n) is 3.89. The number of hydrogen-bond donors (Lipinski definition) is 2. The van der Waals surface area contributed by atoms with Crippen molar-refractivity contribution in [3.63, 3.8) is 0 Å². The number of hydrogen-bond acceptors (Lipinski definition) is 4. The summed E-state index contributed by atoms with van der Waals surface area (Å²) in [4.78, 5) is 12.5. The van der Waals surface area contributed by atoms with Crippen molar-refractivity contribution < 1.29 is 9.53 Å². The lowest BCUT2D eigenvalue weighted by Gasteiger charge is -2.09. The molecule has 4 rings (SSSR count). The van der Waals surface area contributed by atoms with Gasteiger partial charge in [-0.15, -0.1) is 0 Å². The molecular formula is C28H30N4O2. The van der Waals surface area contributed by atoms with Gasteiger partial charge in [0.25, 0.3) is 0 Å². The molecule has 6 heteroatoms. The molecule has 6 nitrogen and oxygen atoms in total. The summed E-state index contributed by atoms with van der Waals surface area (Å²) in [6, 6.07) is 26.1. The Kier molecular flexibility index (Phi) is 7.40. The van der Waals surface area contributed by atoms with Crippen LogP contribution in [0.2, 0.25) is 0 Å². The molecule has 0 atom stereocenters. The van der Waals surface area contributed by atoms with Gasteiger partial charge in [-0.3, -0.25) is 4.79 Å². The zero-order valence-corrected chi connectivity index (χ0v) is 19.6. The van der Waals surface area contributed by atoms with E-state index in [1.165, 1.54) is 5.56 Å². The lowest BCUT2D eigenvalue weighted by Crippen LogP contribution is -2.23. The number of rotatable bonds is 9. The summed E-state index contributed by atoms with van der Waals surface area (Å²) in [5.41, 5.74) is 13.0. The van der Waals surface area contributed by atoms with E-state index in [2.05, 4.69) is 23.5 Å². The number of nitrogens with two attached hydrogens (primary N) is 1. The van der Waals surface area contributed by atoms with Crippen LogP contribution in [0.1, 0.15) is 28.8 Å². The molecule has 0 fully saturated rings. The second kappa shape index (κ2) is 10.8. The number of nitrogens with zero attached hydrogens (tertiary/aromatic N) is 2. The Morgan fingerprint density at radius 1 is 1.00 bits per heavy atom. The second-order valence-corrected chi connectivity index (χ2v) is 8.30. The standard InChI is InChI=1S/C28H30N4O2/c1-20-5-3-7-22(15-20)19-30-28(33)14-9-24-17-27(23-8-4-6-21(16-23)18-29)32(31-24)25-10-12-26(34-2)13-11-25/h3-8,10-13,15-17H,9,14,18-19,29H2,1-2H3,(H,30,33). The Labute approximate surface area is 200 Å². The number of aromatic nitrogens is 2. The van der Waals surface area contributed by atoms with Crippen LogP contribution in [0.5, 0.6) is 5.75 Å². The highest BCUT2D eigenvalue weighted by Gasteiger charge is 2.14. The fraction of sp³-hybridized carbons (Fsp3) is 0.214. The molecule has 0 saturated carbocycles. The predicted molar refractivity (Wildman–Crippen MR) is 135 cm³/mol. The maximum absolute atomic E-state index is 12.5. The van der Waals surface area contributed by atoms with E-state index in [1.54, 1.807) is 7.11 Å². The molecule has 0 radical (unpaired) electrons. The minimum Gasteiger partial charge on any atom is -0.497 e. The topological polar surface area (TPSA) is 82.2 Å². The van der Waals surface area contributed by atoms with Crippen molar-refractivity contribution in [2.24, 2.45) is 5.73 Å².